The molecule has 0 spiro atoms. The van der Waals surface area contributed by atoms with E-state index in [0.717, 1.165) is 24.0 Å². The first-order chi connectivity index (χ1) is 14.8. The maximum Gasteiger partial charge on any atom is 0.338 e. The van der Waals surface area contributed by atoms with E-state index in [1.54, 1.807) is 6.07 Å². The smallest absolute Gasteiger partial charge is 0.338 e. The van der Waals surface area contributed by atoms with Crippen molar-refractivity contribution >= 4 is 27.0 Å². The number of ether oxygens (including phenoxy) is 1. The van der Waals surface area contributed by atoms with Gasteiger partial charge in [0.1, 0.15) is 12.2 Å². The van der Waals surface area contributed by atoms with E-state index < -0.39 is 21.6 Å². The molecule has 2 aromatic carbocycles. The summed E-state index contributed by atoms with van der Waals surface area (Å²) < 4.78 is 37.3. The molecule has 7 nitrogen and oxygen atoms in total. The summed E-state index contributed by atoms with van der Waals surface area (Å²) in [5.74, 6) is -0.602. The summed E-state index contributed by atoms with van der Waals surface area (Å²) in [5, 5.41) is 0.711. The van der Waals surface area contributed by atoms with Gasteiger partial charge in [-0.05, 0) is 74.2 Å². The molecular formula is C23H23NO6S. The van der Waals surface area contributed by atoms with Gasteiger partial charge in [-0.25, -0.2) is 18.0 Å². The molecule has 31 heavy (non-hydrogen) atoms. The summed E-state index contributed by atoms with van der Waals surface area (Å²) in [6.07, 6.45) is 1.71. The Hall–Kier alpha value is -2.97. The maximum absolute atomic E-state index is 12.6. The molecule has 1 aromatic heterocycles. The van der Waals surface area contributed by atoms with Crippen LogP contribution in [0.25, 0.3) is 11.0 Å². The monoisotopic (exact) mass is 441 g/mol. The van der Waals surface area contributed by atoms with E-state index in [2.05, 4.69) is 0 Å². The van der Waals surface area contributed by atoms with Gasteiger partial charge in [0.05, 0.1) is 10.5 Å². The summed E-state index contributed by atoms with van der Waals surface area (Å²) in [6, 6.07) is 10.7. The second-order valence-corrected chi connectivity index (χ2v) is 9.67. The number of nitrogens with zero attached hydrogens (tertiary/aromatic N) is 1. The number of hydrogen-bond donors (Lipinski definition) is 0. The number of hydrogen-bond acceptors (Lipinski definition) is 6. The molecule has 4 rings (SSSR count). The summed E-state index contributed by atoms with van der Waals surface area (Å²) in [7, 11) is -3.54. The number of benzene rings is 2. The van der Waals surface area contributed by atoms with Gasteiger partial charge in [0.15, 0.2) is 0 Å². The predicted octanol–water partition coefficient (Wildman–Crippen LogP) is 3.55. The molecule has 0 N–H and O–H groups in total. The Bertz CT molecular complexity index is 1300. The van der Waals surface area contributed by atoms with Crippen LogP contribution in [0.1, 0.15) is 39.9 Å². The van der Waals surface area contributed by atoms with Gasteiger partial charge in [-0.1, -0.05) is 0 Å². The van der Waals surface area contributed by atoms with Crippen LogP contribution in [-0.2, 0) is 21.4 Å². The molecule has 1 aliphatic rings. The number of sulfonamides is 1. The average molecular weight is 442 g/mol. The molecule has 1 saturated heterocycles. The van der Waals surface area contributed by atoms with Crippen molar-refractivity contribution in [2.75, 3.05) is 13.1 Å². The third kappa shape index (κ3) is 4.26. The molecule has 1 fully saturated rings. The fourth-order valence-electron chi connectivity index (χ4n) is 3.67. The van der Waals surface area contributed by atoms with Crippen LogP contribution in [0.5, 0.6) is 0 Å². The topological polar surface area (TPSA) is 93.9 Å². The Morgan fingerprint density at radius 1 is 1.03 bits per heavy atom. The first-order valence-corrected chi connectivity index (χ1v) is 11.5. The number of rotatable bonds is 5. The van der Waals surface area contributed by atoms with Gasteiger partial charge >= 0.3 is 11.6 Å². The molecule has 8 heteroatoms. The molecule has 1 aliphatic heterocycles. The highest BCUT2D eigenvalue weighted by molar-refractivity contribution is 7.89. The molecule has 0 aliphatic carbocycles. The molecular weight excluding hydrogens is 418 g/mol. The van der Waals surface area contributed by atoms with E-state index in [-0.39, 0.29) is 17.1 Å². The lowest BCUT2D eigenvalue weighted by Gasteiger charge is -2.15. The SMILES string of the molecule is Cc1cc2oc(=O)cc(COC(=O)c3ccc(S(=O)(=O)N4CCCC4)cc3)c2cc1C. The van der Waals surface area contributed by atoms with E-state index in [0.29, 0.717) is 29.6 Å². The van der Waals surface area contributed by atoms with Crippen LogP contribution in [0.4, 0.5) is 0 Å². The van der Waals surface area contributed by atoms with E-state index in [1.165, 1.54) is 34.6 Å². The molecule has 0 amide bonds. The Balaban J connectivity index is 1.52. The Kier molecular flexibility index (Phi) is 5.68. The van der Waals surface area contributed by atoms with E-state index in [9.17, 15) is 18.0 Å². The van der Waals surface area contributed by atoms with Crippen LogP contribution in [0.15, 0.2) is 56.6 Å². The van der Waals surface area contributed by atoms with Crippen LogP contribution in [0.2, 0.25) is 0 Å². The summed E-state index contributed by atoms with van der Waals surface area (Å²) >= 11 is 0. The largest absolute Gasteiger partial charge is 0.457 e. The quantitative estimate of drug-likeness (QED) is 0.444. The molecule has 0 atom stereocenters. The van der Waals surface area contributed by atoms with Crippen molar-refractivity contribution in [3.63, 3.8) is 0 Å². The Morgan fingerprint density at radius 3 is 2.35 bits per heavy atom. The molecule has 3 aromatic rings. The number of fused-ring (bicyclic) bond motifs is 1. The maximum atomic E-state index is 12.6. The molecule has 0 radical (unpaired) electrons. The highest BCUT2D eigenvalue weighted by atomic mass is 32.2. The van der Waals surface area contributed by atoms with Gasteiger partial charge in [0.2, 0.25) is 10.0 Å². The number of esters is 1. The minimum absolute atomic E-state index is 0.0999. The predicted molar refractivity (Wildman–Crippen MR) is 116 cm³/mol. The number of carbonyl (C=O) groups is 1. The lowest BCUT2D eigenvalue weighted by molar-refractivity contribution is 0.0473. The highest BCUT2D eigenvalue weighted by Crippen LogP contribution is 2.23. The number of aryl methyl sites for hydroxylation is 2. The van der Waals surface area contributed by atoms with Crippen LogP contribution in [0, 0.1) is 13.8 Å². The van der Waals surface area contributed by atoms with Crippen LogP contribution in [0.3, 0.4) is 0 Å². The first-order valence-electron chi connectivity index (χ1n) is 10.1. The Morgan fingerprint density at radius 2 is 1.68 bits per heavy atom. The summed E-state index contributed by atoms with van der Waals surface area (Å²) in [5.41, 5.74) is 2.74. The van der Waals surface area contributed by atoms with E-state index in [1.807, 2.05) is 19.9 Å². The standard InChI is InChI=1S/C23H23NO6S/c1-15-11-20-18(13-22(25)30-21(20)12-16(15)2)14-29-23(26)17-5-7-19(8-6-17)31(27,28)24-9-3-4-10-24/h5-8,11-13H,3-4,9-10,14H2,1-2H3. The van der Waals surface area contributed by atoms with Gasteiger partial charge in [-0.15, -0.1) is 0 Å². The van der Waals surface area contributed by atoms with Crippen molar-refractivity contribution in [1.82, 2.24) is 4.31 Å². The van der Waals surface area contributed by atoms with E-state index in [4.69, 9.17) is 9.15 Å². The van der Waals surface area contributed by atoms with Gasteiger partial charge in [0, 0.05) is 30.1 Å². The number of carbonyl (C=O) groups excluding carboxylic acids is 1. The van der Waals surface area contributed by atoms with Crippen LogP contribution in [-0.4, -0.2) is 31.8 Å². The van der Waals surface area contributed by atoms with Crippen LogP contribution >= 0.6 is 0 Å². The third-order valence-corrected chi connectivity index (χ3v) is 7.51. The molecule has 0 saturated carbocycles. The van der Waals surface area contributed by atoms with Crippen molar-refractivity contribution in [2.24, 2.45) is 0 Å². The normalized spacial score (nSPS) is 14.8. The fourth-order valence-corrected chi connectivity index (χ4v) is 5.19. The minimum atomic E-state index is -3.54. The van der Waals surface area contributed by atoms with Gasteiger partial charge in [-0.2, -0.15) is 4.31 Å². The van der Waals surface area contributed by atoms with Gasteiger partial charge in [-0.3, -0.25) is 0 Å². The Labute approximate surface area is 180 Å². The van der Waals surface area contributed by atoms with Crippen LogP contribution < -0.4 is 5.63 Å². The van der Waals surface area contributed by atoms with Crippen molar-refractivity contribution in [3.05, 3.63) is 75.1 Å². The lowest BCUT2D eigenvalue weighted by atomic mass is 10.0. The lowest BCUT2D eigenvalue weighted by Crippen LogP contribution is -2.27. The van der Waals surface area contributed by atoms with Crippen molar-refractivity contribution < 1.29 is 22.4 Å². The third-order valence-electron chi connectivity index (χ3n) is 5.60. The highest BCUT2D eigenvalue weighted by Gasteiger charge is 2.27. The molecule has 0 bridgehead atoms. The first kappa shape index (κ1) is 21.3. The summed E-state index contributed by atoms with van der Waals surface area (Å²) in [4.78, 5) is 24.5. The van der Waals surface area contributed by atoms with E-state index >= 15 is 0 Å². The molecule has 162 valence electrons. The van der Waals surface area contributed by atoms with Crippen molar-refractivity contribution in [1.29, 1.82) is 0 Å². The zero-order valence-electron chi connectivity index (χ0n) is 17.4. The zero-order chi connectivity index (χ0) is 22.2. The van der Waals surface area contributed by atoms with Gasteiger partial charge in [0.25, 0.3) is 0 Å². The second-order valence-electron chi connectivity index (χ2n) is 7.74. The van der Waals surface area contributed by atoms with Gasteiger partial charge < -0.3 is 9.15 Å². The summed E-state index contributed by atoms with van der Waals surface area (Å²) in [6.45, 7) is 4.81. The van der Waals surface area contributed by atoms with Crippen molar-refractivity contribution in [3.8, 4) is 0 Å². The fraction of sp³-hybridized carbons (Fsp3) is 0.304. The minimum Gasteiger partial charge on any atom is -0.457 e. The second kappa shape index (κ2) is 8.28. The van der Waals surface area contributed by atoms with Crippen molar-refractivity contribution in [2.45, 2.75) is 38.2 Å². The average Bonchev–Trinajstić information content (AvgIpc) is 3.29. The molecule has 2 heterocycles. The molecule has 0 unspecified atom stereocenters. The zero-order valence-corrected chi connectivity index (χ0v) is 18.2.